The fraction of sp³-hybridized carbons (Fsp3) is 0.353. The van der Waals surface area contributed by atoms with Crippen molar-refractivity contribution in [2.24, 2.45) is 0 Å². The lowest BCUT2D eigenvalue weighted by molar-refractivity contribution is -0.137. The zero-order valence-corrected chi connectivity index (χ0v) is 15.0. The lowest BCUT2D eigenvalue weighted by Gasteiger charge is -2.26. The monoisotopic (exact) mass is 378 g/mol. The Morgan fingerprint density at radius 1 is 1.31 bits per heavy atom. The number of morpholine rings is 1. The quantitative estimate of drug-likeness (QED) is 0.771. The minimum atomic E-state index is -0.421. The van der Waals surface area contributed by atoms with Crippen LogP contribution in [-0.2, 0) is 14.3 Å². The van der Waals surface area contributed by atoms with Gasteiger partial charge in [0.1, 0.15) is 0 Å². The van der Waals surface area contributed by atoms with Crippen molar-refractivity contribution >= 4 is 34.9 Å². The van der Waals surface area contributed by atoms with E-state index in [1.54, 1.807) is 29.2 Å². The number of carbonyl (C=O) groups is 3. The Morgan fingerprint density at radius 3 is 2.73 bits per heavy atom. The van der Waals surface area contributed by atoms with Crippen LogP contribution < -0.4 is 14.8 Å². The van der Waals surface area contributed by atoms with Gasteiger partial charge in [-0.15, -0.1) is 0 Å². The van der Waals surface area contributed by atoms with Gasteiger partial charge in [0.25, 0.3) is 17.1 Å². The minimum absolute atomic E-state index is 0.0937. The molecule has 1 aromatic rings. The first-order chi connectivity index (χ1) is 12.6. The Bertz CT molecular complexity index is 758. The van der Waals surface area contributed by atoms with Gasteiger partial charge in [-0.1, -0.05) is 6.07 Å². The van der Waals surface area contributed by atoms with E-state index in [0.29, 0.717) is 48.3 Å². The van der Waals surface area contributed by atoms with Crippen LogP contribution in [0, 0.1) is 0 Å². The summed E-state index contributed by atoms with van der Waals surface area (Å²) in [5.74, 6) is 0.328. The normalized spacial score (nSPS) is 18.8. The third-order valence-corrected chi connectivity index (χ3v) is 4.65. The number of imide groups is 1. The number of ether oxygens (including phenoxy) is 3. The van der Waals surface area contributed by atoms with E-state index in [0.717, 1.165) is 11.8 Å². The van der Waals surface area contributed by atoms with Crippen molar-refractivity contribution in [1.29, 1.82) is 0 Å². The van der Waals surface area contributed by atoms with E-state index in [4.69, 9.17) is 14.2 Å². The summed E-state index contributed by atoms with van der Waals surface area (Å²) < 4.78 is 16.1. The van der Waals surface area contributed by atoms with Crippen LogP contribution in [0.2, 0.25) is 0 Å². The van der Waals surface area contributed by atoms with Gasteiger partial charge in [-0.3, -0.25) is 19.7 Å². The molecule has 0 bridgehead atoms. The number of methoxy groups -OCH3 is 1. The van der Waals surface area contributed by atoms with E-state index in [9.17, 15) is 14.4 Å². The second-order valence-electron chi connectivity index (χ2n) is 5.54. The van der Waals surface area contributed by atoms with Gasteiger partial charge in [-0.05, 0) is 35.5 Å². The van der Waals surface area contributed by atoms with Gasteiger partial charge in [0, 0.05) is 13.1 Å². The Balaban J connectivity index is 1.67. The average Bonchev–Trinajstić information content (AvgIpc) is 2.97. The molecular weight excluding hydrogens is 360 g/mol. The Morgan fingerprint density at radius 2 is 2.08 bits per heavy atom. The lowest BCUT2D eigenvalue weighted by Crippen LogP contribution is -2.43. The second-order valence-corrected chi connectivity index (χ2v) is 6.56. The maximum absolute atomic E-state index is 12.2. The van der Waals surface area contributed by atoms with Crippen LogP contribution in [-0.4, -0.2) is 62.0 Å². The molecule has 0 radical (unpaired) electrons. The number of hydrogen-bond donors (Lipinski definition) is 1. The summed E-state index contributed by atoms with van der Waals surface area (Å²) in [6.07, 6.45) is 1.59. The number of rotatable bonds is 5. The number of hydrogen-bond acceptors (Lipinski definition) is 7. The first kappa shape index (κ1) is 18.3. The summed E-state index contributed by atoms with van der Waals surface area (Å²) in [6.45, 7) is 2.09. The first-order valence-electron chi connectivity index (χ1n) is 7.98. The largest absolute Gasteiger partial charge is 0.493 e. The smallest absolute Gasteiger partial charge is 0.290 e. The van der Waals surface area contributed by atoms with Crippen molar-refractivity contribution in [2.45, 2.75) is 0 Å². The van der Waals surface area contributed by atoms with Gasteiger partial charge < -0.3 is 19.1 Å². The number of amides is 3. The molecule has 0 atom stereocenters. The van der Waals surface area contributed by atoms with Gasteiger partial charge >= 0.3 is 0 Å². The number of benzene rings is 1. The van der Waals surface area contributed by atoms with Crippen LogP contribution >= 0.6 is 11.8 Å². The zero-order chi connectivity index (χ0) is 18.5. The van der Waals surface area contributed by atoms with Gasteiger partial charge in [-0.25, -0.2) is 0 Å². The Labute approximate surface area is 154 Å². The van der Waals surface area contributed by atoms with Crippen molar-refractivity contribution in [1.82, 2.24) is 10.2 Å². The Kier molecular flexibility index (Phi) is 5.79. The third-order valence-electron chi connectivity index (χ3n) is 3.84. The van der Waals surface area contributed by atoms with Crippen LogP contribution in [0.3, 0.4) is 0 Å². The second kappa shape index (κ2) is 8.24. The van der Waals surface area contributed by atoms with E-state index in [1.807, 2.05) is 0 Å². The molecule has 2 saturated heterocycles. The predicted octanol–water partition coefficient (Wildman–Crippen LogP) is 1.26. The van der Waals surface area contributed by atoms with Crippen molar-refractivity contribution in [3.05, 3.63) is 28.7 Å². The van der Waals surface area contributed by atoms with Crippen LogP contribution in [0.15, 0.2) is 23.1 Å². The lowest BCUT2D eigenvalue weighted by atomic mass is 10.2. The van der Waals surface area contributed by atoms with Crippen molar-refractivity contribution in [3.8, 4) is 11.5 Å². The maximum Gasteiger partial charge on any atom is 0.290 e. The number of nitrogens with one attached hydrogen (secondary N) is 1. The van der Waals surface area contributed by atoms with E-state index in [1.165, 1.54) is 7.11 Å². The molecule has 0 aliphatic carbocycles. The Hall–Kier alpha value is -2.52. The maximum atomic E-state index is 12.2. The molecule has 2 aliphatic heterocycles. The molecule has 2 fully saturated rings. The van der Waals surface area contributed by atoms with Crippen LogP contribution in [0.1, 0.15) is 5.56 Å². The molecule has 1 aromatic carbocycles. The van der Waals surface area contributed by atoms with Gasteiger partial charge in [0.2, 0.25) is 0 Å². The number of thioether (sulfide) groups is 1. The van der Waals surface area contributed by atoms with Crippen molar-refractivity contribution in [2.75, 3.05) is 40.0 Å². The molecule has 2 aliphatic rings. The number of nitrogens with zero attached hydrogens (tertiary/aromatic N) is 1. The van der Waals surface area contributed by atoms with E-state index in [2.05, 4.69) is 5.32 Å². The standard InChI is InChI=1S/C17H18N2O6S/c1-23-13-8-11(9-14-16(21)18-17(22)26-14)2-3-12(13)25-10-15(20)19-4-6-24-7-5-19/h2-3,8-9H,4-7,10H2,1H3,(H,18,21,22). The van der Waals surface area contributed by atoms with Crippen molar-refractivity contribution in [3.63, 3.8) is 0 Å². The van der Waals surface area contributed by atoms with E-state index < -0.39 is 11.1 Å². The highest BCUT2D eigenvalue weighted by Crippen LogP contribution is 2.31. The molecule has 0 unspecified atom stereocenters. The van der Waals surface area contributed by atoms with Crippen LogP contribution in [0.25, 0.3) is 6.08 Å². The molecule has 1 N–H and O–H groups in total. The molecule has 0 aromatic heterocycles. The van der Waals surface area contributed by atoms with E-state index >= 15 is 0 Å². The zero-order valence-electron chi connectivity index (χ0n) is 14.1. The number of carbonyl (C=O) groups excluding carboxylic acids is 3. The van der Waals surface area contributed by atoms with Gasteiger partial charge in [-0.2, -0.15) is 0 Å². The molecule has 8 nitrogen and oxygen atoms in total. The summed E-state index contributed by atoms with van der Waals surface area (Å²) in [5, 5.41) is 1.81. The average molecular weight is 378 g/mol. The van der Waals surface area contributed by atoms with Gasteiger partial charge in [0.15, 0.2) is 18.1 Å². The highest BCUT2D eigenvalue weighted by Gasteiger charge is 2.25. The molecule has 138 valence electrons. The molecule has 9 heteroatoms. The topological polar surface area (TPSA) is 94.2 Å². The first-order valence-corrected chi connectivity index (χ1v) is 8.79. The van der Waals surface area contributed by atoms with Crippen LogP contribution in [0.5, 0.6) is 11.5 Å². The molecule has 3 rings (SSSR count). The minimum Gasteiger partial charge on any atom is -0.493 e. The molecule has 0 spiro atoms. The summed E-state index contributed by atoms with van der Waals surface area (Å²) in [5.41, 5.74) is 0.682. The summed E-state index contributed by atoms with van der Waals surface area (Å²) in [6, 6.07) is 5.07. The highest BCUT2D eigenvalue weighted by molar-refractivity contribution is 8.18. The molecule has 3 amide bonds. The van der Waals surface area contributed by atoms with Gasteiger partial charge in [0.05, 0.1) is 25.2 Å². The molecule has 0 saturated carbocycles. The summed E-state index contributed by atoms with van der Waals surface area (Å²) >= 11 is 0.845. The van der Waals surface area contributed by atoms with Crippen molar-refractivity contribution < 1.29 is 28.6 Å². The van der Waals surface area contributed by atoms with Crippen LogP contribution in [0.4, 0.5) is 4.79 Å². The highest BCUT2D eigenvalue weighted by atomic mass is 32.2. The summed E-state index contributed by atoms with van der Waals surface area (Å²) in [4.78, 5) is 37.0. The fourth-order valence-electron chi connectivity index (χ4n) is 2.51. The summed E-state index contributed by atoms with van der Waals surface area (Å²) in [7, 11) is 1.49. The van der Waals surface area contributed by atoms with E-state index in [-0.39, 0.29) is 12.5 Å². The SMILES string of the molecule is COc1cc(C=C2SC(=O)NC2=O)ccc1OCC(=O)N1CCOCC1. The third kappa shape index (κ3) is 4.36. The molecule has 26 heavy (non-hydrogen) atoms. The fourth-order valence-corrected chi connectivity index (χ4v) is 3.19. The molecular formula is C17H18N2O6S. The predicted molar refractivity (Wildman–Crippen MR) is 95.0 cm³/mol. The molecule has 2 heterocycles.